The second-order valence-corrected chi connectivity index (χ2v) is 5.95. The van der Waals surface area contributed by atoms with Crippen molar-refractivity contribution in [2.24, 2.45) is 0 Å². The van der Waals surface area contributed by atoms with Gasteiger partial charge in [0.1, 0.15) is 10.8 Å². The van der Waals surface area contributed by atoms with Gasteiger partial charge in [0.05, 0.1) is 19.0 Å². The molecule has 1 aromatic heterocycles. The molecule has 26 heavy (non-hydrogen) atoms. The molecule has 134 valence electrons. The lowest BCUT2D eigenvalue weighted by Gasteiger charge is -2.13. The minimum Gasteiger partial charge on any atom is -0.497 e. The Balaban J connectivity index is 1.68. The van der Waals surface area contributed by atoms with E-state index in [1.807, 2.05) is 30.3 Å². The first-order valence-electron chi connectivity index (χ1n) is 7.99. The summed E-state index contributed by atoms with van der Waals surface area (Å²) in [5.74, 6) is 0.536. The van der Waals surface area contributed by atoms with Gasteiger partial charge in [-0.2, -0.15) is 0 Å². The zero-order valence-electron chi connectivity index (χ0n) is 14.3. The van der Waals surface area contributed by atoms with Crippen molar-refractivity contribution in [3.05, 3.63) is 65.8 Å². The van der Waals surface area contributed by atoms with Gasteiger partial charge in [-0.1, -0.05) is 35.9 Å². The fraction of sp³-hybridized carbons (Fsp3) is 0.158. The van der Waals surface area contributed by atoms with Crippen LogP contribution in [0.2, 0.25) is 5.02 Å². The van der Waals surface area contributed by atoms with E-state index in [0.29, 0.717) is 16.5 Å². The molecule has 1 unspecified atom stereocenters. The standard InChI is InChI=1S/C19H18ClN3O3/c1-13(18(24)21-14-7-6-10-16(11-14)25-2)26-19-17(20)12-23(22-19)15-8-4-3-5-9-15/h3-13H,1-2H3,(H,21,24). The van der Waals surface area contributed by atoms with E-state index < -0.39 is 6.10 Å². The van der Waals surface area contributed by atoms with Gasteiger partial charge in [0.2, 0.25) is 0 Å². The molecular weight excluding hydrogens is 354 g/mol. The van der Waals surface area contributed by atoms with Crippen LogP contribution in [-0.4, -0.2) is 28.9 Å². The average molecular weight is 372 g/mol. The zero-order chi connectivity index (χ0) is 18.5. The molecule has 0 radical (unpaired) electrons. The maximum absolute atomic E-state index is 12.3. The number of anilines is 1. The van der Waals surface area contributed by atoms with Crippen LogP contribution in [0.1, 0.15) is 6.92 Å². The number of para-hydroxylation sites is 1. The van der Waals surface area contributed by atoms with Crippen LogP contribution in [0.4, 0.5) is 5.69 Å². The predicted octanol–water partition coefficient (Wildman–Crippen LogP) is 3.94. The third-order valence-corrected chi connectivity index (χ3v) is 3.91. The van der Waals surface area contributed by atoms with Gasteiger partial charge in [-0.15, -0.1) is 5.10 Å². The van der Waals surface area contributed by atoms with Crippen molar-refractivity contribution in [3.8, 4) is 17.3 Å². The lowest BCUT2D eigenvalue weighted by atomic mass is 10.3. The normalized spacial score (nSPS) is 11.7. The lowest BCUT2D eigenvalue weighted by Crippen LogP contribution is -2.30. The van der Waals surface area contributed by atoms with E-state index in [1.54, 1.807) is 49.2 Å². The summed E-state index contributed by atoms with van der Waals surface area (Å²) < 4.78 is 12.4. The Kier molecular flexibility index (Phi) is 5.43. The Morgan fingerprint density at radius 2 is 1.96 bits per heavy atom. The molecule has 3 aromatic rings. The van der Waals surface area contributed by atoms with E-state index in [0.717, 1.165) is 5.69 Å². The van der Waals surface area contributed by atoms with Crippen molar-refractivity contribution in [3.63, 3.8) is 0 Å². The number of nitrogens with zero attached hydrogens (tertiary/aromatic N) is 2. The Hall–Kier alpha value is -2.99. The molecule has 1 N–H and O–H groups in total. The molecule has 0 aliphatic heterocycles. The first-order chi connectivity index (χ1) is 12.6. The second kappa shape index (κ2) is 7.93. The number of rotatable bonds is 6. The van der Waals surface area contributed by atoms with Crippen molar-refractivity contribution < 1.29 is 14.3 Å². The van der Waals surface area contributed by atoms with E-state index in [4.69, 9.17) is 21.1 Å². The average Bonchev–Trinajstić information content (AvgIpc) is 3.03. The van der Waals surface area contributed by atoms with Crippen molar-refractivity contribution in [2.75, 3.05) is 12.4 Å². The molecule has 0 bridgehead atoms. The van der Waals surface area contributed by atoms with Crippen LogP contribution in [0.3, 0.4) is 0 Å². The highest BCUT2D eigenvalue weighted by molar-refractivity contribution is 6.31. The number of carbonyl (C=O) groups is 1. The fourth-order valence-electron chi connectivity index (χ4n) is 2.30. The Labute approximate surface area is 156 Å². The molecule has 1 heterocycles. The predicted molar refractivity (Wildman–Crippen MR) is 100 cm³/mol. The third kappa shape index (κ3) is 4.15. The van der Waals surface area contributed by atoms with Crippen LogP contribution in [0, 0.1) is 0 Å². The fourth-order valence-corrected chi connectivity index (χ4v) is 2.47. The van der Waals surface area contributed by atoms with Crippen molar-refractivity contribution in [1.82, 2.24) is 9.78 Å². The summed E-state index contributed by atoms with van der Waals surface area (Å²) in [5, 5.41) is 7.40. The third-order valence-electron chi connectivity index (χ3n) is 3.65. The van der Waals surface area contributed by atoms with Gasteiger partial charge in [0, 0.05) is 11.8 Å². The van der Waals surface area contributed by atoms with E-state index in [9.17, 15) is 4.79 Å². The van der Waals surface area contributed by atoms with Gasteiger partial charge in [-0.05, 0) is 31.2 Å². The Morgan fingerprint density at radius 1 is 1.19 bits per heavy atom. The summed E-state index contributed by atoms with van der Waals surface area (Å²) in [6.07, 6.45) is 0.858. The largest absolute Gasteiger partial charge is 0.497 e. The number of aromatic nitrogens is 2. The topological polar surface area (TPSA) is 65.4 Å². The van der Waals surface area contributed by atoms with E-state index in [-0.39, 0.29) is 11.8 Å². The molecular formula is C19H18ClN3O3. The van der Waals surface area contributed by atoms with E-state index in [2.05, 4.69) is 10.4 Å². The lowest BCUT2D eigenvalue weighted by molar-refractivity contribution is -0.122. The van der Waals surface area contributed by atoms with Gasteiger partial charge in [0.15, 0.2) is 6.10 Å². The highest BCUT2D eigenvalue weighted by Gasteiger charge is 2.19. The number of halogens is 1. The quantitative estimate of drug-likeness (QED) is 0.712. The number of carbonyl (C=O) groups excluding carboxylic acids is 1. The summed E-state index contributed by atoms with van der Waals surface area (Å²) >= 11 is 6.19. The smallest absolute Gasteiger partial charge is 0.265 e. The van der Waals surface area contributed by atoms with Crippen LogP contribution >= 0.6 is 11.6 Å². The molecule has 1 amide bonds. The monoisotopic (exact) mass is 371 g/mol. The first-order valence-corrected chi connectivity index (χ1v) is 8.37. The molecule has 7 heteroatoms. The minimum atomic E-state index is -0.780. The molecule has 2 aromatic carbocycles. The maximum Gasteiger partial charge on any atom is 0.265 e. The van der Waals surface area contributed by atoms with Gasteiger partial charge >= 0.3 is 0 Å². The minimum absolute atomic E-state index is 0.198. The molecule has 3 rings (SSSR count). The highest BCUT2D eigenvalue weighted by Crippen LogP contribution is 2.25. The first kappa shape index (κ1) is 17.8. The van der Waals surface area contributed by atoms with Crippen LogP contribution < -0.4 is 14.8 Å². The summed E-state index contributed by atoms with van der Waals surface area (Å²) in [7, 11) is 1.57. The van der Waals surface area contributed by atoms with Gasteiger partial charge in [0.25, 0.3) is 11.8 Å². The van der Waals surface area contributed by atoms with E-state index in [1.165, 1.54) is 0 Å². The summed E-state index contributed by atoms with van der Waals surface area (Å²) in [4.78, 5) is 12.3. The number of methoxy groups -OCH3 is 1. The zero-order valence-corrected chi connectivity index (χ0v) is 15.1. The summed E-state index contributed by atoms with van der Waals surface area (Å²) in [6.45, 7) is 1.63. The van der Waals surface area contributed by atoms with Gasteiger partial charge in [-0.25, -0.2) is 4.68 Å². The van der Waals surface area contributed by atoms with Crippen molar-refractivity contribution in [2.45, 2.75) is 13.0 Å². The maximum atomic E-state index is 12.3. The van der Waals surface area contributed by atoms with E-state index >= 15 is 0 Å². The summed E-state index contributed by atoms with van der Waals surface area (Å²) in [6, 6.07) is 16.6. The van der Waals surface area contributed by atoms with Crippen LogP contribution in [0.15, 0.2) is 60.8 Å². The molecule has 0 saturated carbocycles. The number of nitrogens with one attached hydrogen (secondary N) is 1. The van der Waals surface area contributed by atoms with Crippen LogP contribution in [-0.2, 0) is 4.79 Å². The highest BCUT2D eigenvalue weighted by atomic mass is 35.5. The van der Waals surface area contributed by atoms with Crippen molar-refractivity contribution in [1.29, 1.82) is 0 Å². The molecule has 0 aliphatic carbocycles. The number of hydrogen-bond donors (Lipinski definition) is 1. The summed E-state index contributed by atoms with van der Waals surface area (Å²) in [5.41, 5.74) is 1.46. The Bertz CT molecular complexity index is 896. The molecule has 6 nitrogen and oxygen atoms in total. The van der Waals surface area contributed by atoms with Gasteiger partial charge in [-0.3, -0.25) is 4.79 Å². The molecule has 0 fully saturated rings. The number of amides is 1. The van der Waals surface area contributed by atoms with Crippen molar-refractivity contribution >= 4 is 23.2 Å². The molecule has 0 saturated heterocycles. The van der Waals surface area contributed by atoms with Crippen LogP contribution in [0.25, 0.3) is 5.69 Å². The number of benzene rings is 2. The molecule has 0 aliphatic rings. The second-order valence-electron chi connectivity index (χ2n) is 5.54. The molecule has 0 spiro atoms. The molecule has 1 atom stereocenters. The van der Waals surface area contributed by atoms with Crippen LogP contribution in [0.5, 0.6) is 11.6 Å². The number of hydrogen-bond acceptors (Lipinski definition) is 4. The van der Waals surface area contributed by atoms with Gasteiger partial charge < -0.3 is 14.8 Å². The SMILES string of the molecule is COc1cccc(NC(=O)C(C)Oc2nn(-c3ccccc3)cc2Cl)c1. The Morgan fingerprint density at radius 3 is 2.69 bits per heavy atom. The number of ether oxygens (including phenoxy) is 2.